The molecule has 2 fully saturated rings. The van der Waals surface area contributed by atoms with E-state index in [0.717, 1.165) is 19.4 Å². The predicted octanol–water partition coefficient (Wildman–Crippen LogP) is -0.219. The number of aryl methyl sites for hydroxylation is 1. The molecule has 3 rings (SSSR count). The first-order chi connectivity index (χ1) is 10.2. The van der Waals surface area contributed by atoms with Crippen LogP contribution >= 0.6 is 0 Å². The summed E-state index contributed by atoms with van der Waals surface area (Å²) in [5, 5.41) is 6.94. The minimum Gasteiger partial charge on any atom is -0.361 e. The van der Waals surface area contributed by atoms with Gasteiger partial charge in [-0.3, -0.25) is 14.3 Å². The number of carbonyl (C=O) groups excluding carboxylic acids is 2. The topological polar surface area (TPSA) is 76.5 Å². The Bertz CT molecular complexity index is 504. The fraction of sp³-hybridized carbons (Fsp3) is 0.643. The van der Waals surface area contributed by atoms with Gasteiger partial charge in [-0.2, -0.15) is 5.10 Å². The van der Waals surface area contributed by atoms with E-state index in [9.17, 15) is 9.59 Å². The van der Waals surface area contributed by atoms with Crippen molar-refractivity contribution in [3.63, 3.8) is 0 Å². The Kier molecular flexibility index (Phi) is 3.92. The smallest absolute Gasteiger partial charge is 0.246 e. The Morgan fingerprint density at radius 1 is 1.52 bits per heavy atom. The second-order valence-corrected chi connectivity index (χ2v) is 5.69. The van der Waals surface area contributed by atoms with E-state index in [4.69, 9.17) is 4.74 Å². The van der Waals surface area contributed by atoms with Crippen LogP contribution in [0.3, 0.4) is 0 Å². The van der Waals surface area contributed by atoms with Crippen LogP contribution in [0.4, 0.5) is 0 Å². The molecular formula is C14H20N4O3. The fourth-order valence-corrected chi connectivity index (χ4v) is 2.88. The molecule has 0 aromatic carbocycles. The Hall–Kier alpha value is -1.89. The molecule has 1 aromatic heterocycles. The van der Waals surface area contributed by atoms with Crippen LogP contribution < -0.4 is 5.32 Å². The van der Waals surface area contributed by atoms with Crippen molar-refractivity contribution in [3.05, 3.63) is 18.5 Å². The summed E-state index contributed by atoms with van der Waals surface area (Å²) in [5.74, 6) is 0.0733. The zero-order valence-corrected chi connectivity index (χ0v) is 12.0. The Morgan fingerprint density at radius 2 is 2.43 bits per heavy atom. The molecule has 2 aliphatic rings. The molecule has 7 nitrogen and oxygen atoms in total. The van der Waals surface area contributed by atoms with Crippen molar-refractivity contribution in [2.75, 3.05) is 26.2 Å². The van der Waals surface area contributed by atoms with E-state index in [2.05, 4.69) is 10.4 Å². The first-order valence-corrected chi connectivity index (χ1v) is 7.33. The quantitative estimate of drug-likeness (QED) is 0.832. The number of amides is 2. The van der Waals surface area contributed by atoms with Crippen LogP contribution in [0.2, 0.25) is 0 Å². The SMILES string of the molecule is O=C1COC2(CCN(C(=O)CCCn3cccn3)C2)CN1. The average Bonchev–Trinajstić information content (AvgIpc) is 3.13. The van der Waals surface area contributed by atoms with E-state index < -0.39 is 0 Å². The summed E-state index contributed by atoms with van der Waals surface area (Å²) in [6.07, 6.45) is 5.72. The zero-order chi connectivity index (χ0) is 14.7. The molecule has 1 spiro atoms. The summed E-state index contributed by atoms with van der Waals surface area (Å²) >= 11 is 0. The third kappa shape index (κ3) is 3.24. The van der Waals surface area contributed by atoms with Gasteiger partial charge in [0.05, 0.1) is 6.54 Å². The molecule has 2 aliphatic heterocycles. The number of hydrogen-bond donors (Lipinski definition) is 1. The largest absolute Gasteiger partial charge is 0.361 e. The molecule has 1 atom stereocenters. The average molecular weight is 292 g/mol. The summed E-state index contributed by atoms with van der Waals surface area (Å²) in [5.41, 5.74) is -0.369. The molecule has 21 heavy (non-hydrogen) atoms. The highest BCUT2D eigenvalue weighted by Crippen LogP contribution is 2.27. The van der Waals surface area contributed by atoms with Crippen molar-refractivity contribution in [2.45, 2.75) is 31.4 Å². The number of rotatable bonds is 4. The van der Waals surface area contributed by atoms with Gasteiger partial charge in [0.15, 0.2) is 0 Å². The van der Waals surface area contributed by atoms with Crippen LogP contribution in [0.5, 0.6) is 0 Å². The van der Waals surface area contributed by atoms with Gasteiger partial charge in [-0.25, -0.2) is 0 Å². The lowest BCUT2D eigenvalue weighted by molar-refractivity contribution is -0.143. The zero-order valence-electron chi connectivity index (χ0n) is 12.0. The third-order valence-electron chi connectivity index (χ3n) is 4.12. The molecular weight excluding hydrogens is 272 g/mol. The van der Waals surface area contributed by atoms with E-state index in [1.807, 2.05) is 21.8 Å². The van der Waals surface area contributed by atoms with Crippen molar-refractivity contribution >= 4 is 11.8 Å². The molecule has 3 heterocycles. The predicted molar refractivity (Wildman–Crippen MR) is 74.4 cm³/mol. The summed E-state index contributed by atoms with van der Waals surface area (Å²) in [6.45, 7) is 2.64. The molecule has 0 saturated carbocycles. The van der Waals surface area contributed by atoms with Gasteiger partial charge in [0, 0.05) is 38.4 Å². The molecule has 2 saturated heterocycles. The van der Waals surface area contributed by atoms with Crippen LogP contribution in [0.25, 0.3) is 0 Å². The number of ether oxygens (including phenoxy) is 1. The van der Waals surface area contributed by atoms with Crippen molar-refractivity contribution < 1.29 is 14.3 Å². The lowest BCUT2D eigenvalue weighted by atomic mass is 10.0. The van der Waals surface area contributed by atoms with Gasteiger partial charge in [0.2, 0.25) is 11.8 Å². The maximum absolute atomic E-state index is 12.2. The minimum atomic E-state index is -0.369. The van der Waals surface area contributed by atoms with Crippen molar-refractivity contribution in [1.82, 2.24) is 20.0 Å². The highest BCUT2D eigenvalue weighted by atomic mass is 16.5. The van der Waals surface area contributed by atoms with E-state index in [1.54, 1.807) is 6.20 Å². The molecule has 0 radical (unpaired) electrons. The molecule has 1 N–H and O–H groups in total. The fourth-order valence-electron chi connectivity index (χ4n) is 2.88. The van der Waals surface area contributed by atoms with Crippen molar-refractivity contribution in [3.8, 4) is 0 Å². The number of morpholine rings is 1. The van der Waals surface area contributed by atoms with E-state index in [0.29, 0.717) is 26.1 Å². The van der Waals surface area contributed by atoms with Crippen LogP contribution in [0, 0.1) is 0 Å². The first kappa shape index (κ1) is 14.1. The Labute approximate surface area is 123 Å². The van der Waals surface area contributed by atoms with Gasteiger partial charge >= 0.3 is 0 Å². The van der Waals surface area contributed by atoms with Crippen LogP contribution in [0.15, 0.2) is 18.5 Å². The molecule has 0 aliphatic carbocycles. The molecule has 0 bridgehead atoms. The maximum Gasteiger partial charge on any atom is 0.246 e. The maximum atomic E-state index is 12.2. The highest BCUT2D eigenvalue weighted by molar-refractivity contribution is 5.78. The Morgan fingerprint density at radius 3 is 3.14 bits per heavy atom. The standard InChI is InChI=1S/C14H20N4O3/c19-12-9-21-14(10-15-12)4-8-17(11-14)13(20)3-1-6-18-7-2-5-16-18/h2,5,7H,1,3-4,6,8-11H2,(H,15,19). The van der Waals surface area contributed by atoms with E-state index in [-0.39, 0.29) is 24.0 Å². The summed E-state index contributed by atoms with van der Waals surface area (Å²) in [7, 11) is 0. The number of likely N-dealkylation sites (tertiary alicyclic amines) is 1. The normalized spacial score (nSPS) is 25.3. The summed E-state index contributed by atoms with van der Waals surface area (Å²) in [6, 6.07) is 1.88. The lowest BCUT2D eigenvalue weighted by Crippen LogP contribution is -2.54. The van der Waals surface area contributed by atoms with Crippen molar-refractivity contribution in [2.24, 2.45) is 0 Å². The van der Waals surface area contributed by atoms with Crippen LogP contribution in [-0.4, -0.2) is 58.3 Å². The number of hydrogen-bond acceptors (Lipinski definition) is 4. The van der Waals surface area contributed by atoms with Gasteiger partial charge in [-0.1, -0.05) is 0 Å². The molecule has 7 heteroatoms. The van der Waals surface area contributed by atoms with Crippen LogP contribution in [0.1, 0.15) is 19.3 Å². The van der Waals surface area contributed by atoms with E-state index >= 15 is 0 Å². The van der Waals surface area contributed by atoms with Gasteiger partial charge in [0.1, 0.15) is 12.2 Å². The third-order valence-corrected chi connectivity index (χ3v) is 4.12. The number of nitrogens with zero attached hydrogens (tertiary/aromatic N) is 3. The van der Waals surface area contributed by atoms with E-state index in [1.165, 1.54) is 0 Å². The Balaban J connectivity index is 1.45. The molecule has 2 amide bonds. The summed E-state index contributed by atoms with van der Waals surface area (Å²) in [4.78, 5) is 25.2. The lowest BCUT2D eigenvalue weighted by Gasteiger charge is -2.33. The van der Waals surface area contributed by atoms with Crippen LogP contribution in [-0.2, 0) is 20.9 Å². The van der Waals surface area contributed by atoms with Gasteiger partial charge in [-0.05, 0) is 18.9 Å². The summed E-state index contributed by atoms with van der Waals surface area (Å²) < 4.78 is 7.49. The van der Waals surface area contributed by atoms with Crippen molar-refractivity contribution in [1.29, 1.82) is 0 Å². The number of aromatic nitrogens is 2. The second-order valence-electron chi connectivity index (χ2n) is 5.69. The second kappa shape index (κ2) is 5.85. The monoisotopic (exact) mass is 292 g/mol. The minimum absolute atomic E-state index is 0.0791. The number of nitrogens with one attached hydrogen (secondary N) is 1. The molecule has 114 valence electrons. The highest BCUT2D eigenvalue weighted by Gasteiger charge is 2.43. The molecule has 1 unspecified atom stereocenters. The van der Waals surface area contributed by atoms with Gasteiger partial charge < -0.3 is 15.0 Å². The van der Waals surface area contributed by atoms with Gasteiger partial charge in [-0.15, -0.1) is 0 Å². The number of carbonyl (C=O) groups is 2. The first-order valence-electron chi connectivity index (χ1n) is 7.33. The molecule has 1 aromatic rings. The van der Waals surface area contributed by atoms with Gasteiger partial charge in [0.25, 0.3) is 0 Å².